The van der Waals surface area contributed by atoms with Gasteiger partial charge in [-0.25, -0.2) is 4.98 Å². The van der Waals surface area contributed by atoms with Crippen molar-refractivity contribution in [1.82, 2.24) is 9.97 Å². The molecule has 28 heavy (non-hydrogen) atoms. The minimum Gasteiger partial charge on any atom is -0.366 e. The molecule has 1 aromatic carbocycles. The molecule has 144 valence electrons. The number of pyridine rings is 2. The molecule has 0 unspecified atom stereocenters. The van der Waals surface area contributed by atoms with E-state index in [1.54, 1.807) is 18.3 Å². The smallest absolute Gasteiger partial charge is 0.252 e. The molecule has 0 saturated heterocycles. The second-order valence-electron chi connectivity index (χ2n) is 7.19. The van der Waals surface area contributed by atoms with Crippen LogP contribution in [0.1, 0.15) is 36.0 Å². The number of benzene rings is 1. The molecule has 0 aliphatic heterocycles. The fourth-order valence-corrected chi connectivity index (χ4v) is 3.64. The number of fused-ring (bicyclic) bond motifs is 1. The zero-order valence-electron chi connectivity index (χ0n) is 15.6. The van der Waals surface area contributed by atoms with Crippen molar-refractivity contribution in [3.05, 3.63) is 54.2 Å². The molecular formula is C21H24N6O. The molecule has 1 fully saturated rings. The molecule has 2 aromatic heterocycles. The van der Waals surface area contributed by atoms with E-state index in [0.29, 0.717) is 17.2 Å². The number of amides is 1. The third-order valence-corrected chi connectivity index (χ3v) is 5.18. The van der Waals surface area contributed by atoms with Crippen LogP contribution in [0.2, 0.25) is 0 Å². The minimum absolute atomic E-state index is 0.106. The summed E-state index contributed by atoms with van der Waals surface area (Å²) in [5.41, 5.74) is 13.8. The van der Waals surface area contributed by atoms with Crippen LogP contribution in [0.3, 0.4) is 0 Å². The topological polar surface area (TPSA) is 119 Å². The Labute approximate surface area is 163 Å². The minimum atomic E-state index is -0.533. The predicted molar refractivity (Wildman–Crippen MR) is 112 cm³/mol. The molecule has 3 aromatic rings. The molecule has 0 spiro atoms. The number of hydrogen-bond donors (Lipinski definition) is 4. The summed E-state index contributed by atoms with van der Waals surface area (Å²) in [6.45, 7) is 0. The highest BCUT2D eigenvalue weighted by Crippen LogP contribution is 2.25. The van der Waals surface area contributed by atoms with E-state index in [1.807, 2.05) is 30.3 Å². The van der Waals surface area contributed by atoms with Gasteiger partial charge >= 0.3 is 0 Å². The van der Waals surface area contributed by atoms with Gasteiger partial charge in [-0.2, -0.15) is 0 Å². The largest absolute Gasteiger partial charge is 0.366 e. The summed E-state index contributed by atoms with van der Waals surface area (Å²) in [4.78, 5) is 20.8. The Morgan fingerprint density at radius 3 is 2.79 bits per heavy atom. The van der Waals surface area contributed by atoms with Gasteiger partial charge in [0, 0.05) is 29.4 Å². The second-order valence-corrected chi connectivity index (χ2v) is 7.19. The summed E-state index contributed by atoms with van der Waals surface area (Å²) in [5, 5.41) is 7.66. The van der Waals surface area contributed by atoms with Crippen LogP contribution < -0.4 is 22.1 Å². The third kappa shape index (κ3) is 3.89. The first-order valence-corrected chi connectivity index (χ1v) is 9.55. The molecule has 7 nitrogen and oxygen atoms in total. The quantitative estimate of drug-likeness (QED) is 0.543. The summed E-state index contributed by atoms with van der Waals surface area (Å²) >= 11 is 0. The average Bonchev–Trinajstić information content (AvgIpc) is 2.70. The maximum absolute atomic E-state index is 11.9. The maximum Gasteiger partial charge on any atom is 0.252 e. The number of aromatic nitrogens is 2. The number of anilines is 3. The lowest BCUT2D eigenvalue weighted by molar-refractivity contribution is 0.100. The van der Waals surface area contributed by atoms with Crippen LogP contribution in [0.4, 0.5) is 17.3 Å². The molecule has 0 bridgehead atoms. The van der Waals surface area contributed by atoms with Crippen molar-refractivity contribution in [2.45, 2.75) is 37.8 Å². The van der Waals surface area contributed by atoms with E-state index in [2.05, 4.69) is 20.6 Å². The van der Waals surface area contributed by atoms with Gasteiger partial charge in [0.15, 0.2) is 0 Å². The molecule has 6 N–H and O–H groups in total. The lowest BCUT2D eigenvalue weighted by Crippen LogP contribution is -2.42. The van der Waals surface area contributed by atoms with Crippen molar-refractivity contribution in [1.29, 1.82) is 0 Å². The van der Waals surface area contributed by atoms with Crippen LogP contribution in [-0.4, -0.2) is 28.0 Å². The lowest BCUT2D eigenvalue weighted by Gasteiger charge is -2.29. The van der Waals surface area contributed by atoms with Crippen molar-refractivity contribution in [3.63, 3.8) is 0 Å². The van der Waals surface area contributed by atoms with Gasteiger partial charge in [0.1, 0.15) is 11.6 Å². The van der Waals surface area contributed by atoms with E-state index in [9.17, 15) is 4.79 Å². The van der Waals surface area contributed by atoms with Crippen molar-refractivity contribution in [2.24, 2.45) is 11.5 Å². The van der Waals surface area contributed by atoms with Gasteiger partial charge < -0.3 is 22.1 Å². The Balaban J connectivity index is 1.62. The molecule has 0 radical (unpaired) electrons. The normalized spacial score (nSPS) is 19.3. The van der Waals surface area contributed by atoms with E-state index in [-0.39, 0.29) is 12.1 Å². The van der Waals surface area contributed by atoms with E-state index in [1.165, 1.54) is 0 Å². The first-order chi connectivity index (χ1) is 13.6. The molecule has 2 heterocycles. The van der Waals surface area contributed by atoms with Crippen LogP contribution in [0, 0.1) is 0 Å². The van der Waals surface area contributed by atoms with Crippen LogP contribution in [0.25, 0.3) is 10.9 Å². The van der Waals surface area contributed by atoms with Crippen LogP contribution in [-0.2, 0) is 0 Å². The highest BCUT2D eigenvalue weighted by atomic mass is 16.1. The zero-order chi connectivity index (χ0) is 19.5. The first kappa shape index (κ1) is 18.2. The number of nitrogens with one attached hydrogen (secondary N) is 2. The van der Waals surface area contributed by atoms with E-state index in [0.717, 1.165) is 42.3 Å². The van der Waals surface area contributed by atoms with E-state index >= 15 is 0 Å². The number of primary amides is 1. The Bertz CT molecular complexity index is 1010. The van der Waals surface area contributed by atoms with Gasteiger partial charge in [-0.05, 0) is 43.2 Å². The van der Waals surface area contributed by atoms with Crippen molar-refractivity contribution >= 4 is 34.1 Å². The van der Waals surface area contributed by atoms with Gasteiger partial charge in [0.25, 0.3) is 5.91 Å². The van der Waals surface area contributed by atoms with Crippen molar-refractivity contribution in [2.75, 3.05) is 10.6 Å². The fourth-order valence-electron chi connectivity index (χ4n) is 3.64. The number of nitrogens with two attached hydrogens (primary N) is 2. The average molecular weight is 376 g/mol. The molecule has 2 atom stereocenters. The Kier molecular flexibility index (Phi) is 5.08. The first-order valence-electron chi connectivity index (χ1n) is 9.55. The summed E-state index contributed by atoms with van der Waals surface area (Å²) in [5.74, 6) is 0.556. The Hall–Kier alpha value is -3.19. The predicted octanol–water partition coefficient (Wildman–Crippen LogP) is 3.15. The molecule has 1 amide bonds. The van der Waals surface area contributed by atoms with Crippen LogP contribution >= 0.6 is 0 Å². The maximum atomic E-state index is 11.9. The molecule has 1 aliphatic carbocycles. The lowest BCUT2D eigenvalue weighted by atomic mass is 9.91. The number of rotatable bonds is 5. The SMILES string of the molecule is NC(=O)c1ccc(N[C@@H]2CCCC[C@@H]2N)nc1Nc1ccc2cccnc2c1. The molecule has 1 saturated carbocycles. The van der Waals surface area contributed by atoms with Crippen molar-refractivity contribution in [3.8, 4) is 0 Å². The number of carbonyl (C=O) groups is 1. The highest BCUT2D eigenvalue weighted by molar-refractivity contribution is 5.98. The summed E-state index contributed by atoms with van der Waals surface area (Å²) in [7, 11) is 0. The summed E-state index contributed by atoms with van der Waals surface area (Å²) < 4.78 is 0. The van der Waals surface area contributed by atoms with Gasteiger partial charge in [-0.15, -0.1) is 0 Å². The van der Waals surface area contributed by atoms with Gasteiger partial charge in [-0.3, -0.25) is 9.78 Å². The molecular weight excluding hydrogens is 352 g/mol. The third-order valence-electron chi connectivity index (χ3n) is 5.18. The Morgan fingerprint density at radius 1 is 1.11 bits per heavy atom. The standard InChI is InChI=1S/C21H24N6O/c22-16-5-1-2-6-17(16)26-19-10-9-15(20(23)28)21(27-19)25-14-8-7-13-4-3-11-24-18(13)12-14/h3-4,7-12,16-17H,1-2,5-6,22H2,(H2,23,28)(H2,25,26,27)/t16-,17+/m0/s1. The fraction of sp³-hybridized carbons (Fsp3) is 0.286. The number of nitrogens with zero attached hydrogens (tertiary/aromatic N) is 2. The molecule has 1 aliphatic rings. The summed E-state index contributed by atoms with van der Waals surface area (Å²) in [6.07, 6.45) is 6.08. The van der Waals surface area contributed by atoms with E-state index in [4.69, 9.17) is 11.5 Å². The van der Waals surface area contributed by atoms with Crippen molar-refractivity contribution < 1.29 is 4.79 Å². The van der Waals surface area contributed by atoms with Crippen LogP contribution in [0.5, 0.6) is 0 Å². The molecule has 7 heteroatoms. The highest BCUT2D eigenvalue weighted by Gasteiger charge is 2.22. The van der Waals surface area contributed by atoms with Gasteiger partial charge in [-0.1, -0.05) is 25.0 Å². The second kappa shape index (κ2) is 7.82. The monoisotopic (exact) mass is 376 g/mol. The number of hydrogen-bond acceptors (Lipinski definition) is 6. The van der Waals surface area contributed by atoms with E-state index < -0.39 is 5.91 Å². The molecule has 4 rings (SSSR count). The van der Waals surface area contributed by atoms with Gasteiger partial charge in [0.05, 0.1) is 11.1 Å². The van der Waals surface area contributed by atoms with Crippen LogP contribution in [0.15, 0.2) is 48.7 Å². The van der Waals surface area contributed by atoms with Gasteiger partial charge in [0.2, 0.25) is 0 Å². The number of carbonyl (C=O) groups excluding carboxylic acids is 1. The zero-order valence-corrected chi connectivity index (χ0v) is 15.6. The summed E-state index contributed by atoms with van der Waals surface area (Å²) in [6, 6.07) is 13.4. The Morgan fingerprint density at radius 2 is 1.96 bits per heavy atom.